The maximum Gasteiger partial charge on any atom is 0.130 e. The highest BCUT2D eigenvalue weighted by Crippen LogP contribution is 2.30. The summed E-state index contributed by atoms with van der Waals surface area (Å²) in [6.45, 7) is 2.38. The first-order valence-electron chi connectivity index (χ1n) is 10.9. The van der Waals surface area contributed by atoms with E-state index in [4.69, 9.17) is 4.74 Å². The molecule has 158 valence electrons. The van der Waals surface area contributed by atoms with Crippen LogP contribution < -0.4 is 15.3 Å². The molecule has 1 aliphatic rings. The molecule has 3 unspecified atom stereocenters. The van der Waals surface area contributed by atoms with Crippen molar-refractivity contribution in [2.75, 3.05) is 0 Å². The first-order valence-corrected chi connectivity index (χ1v) is 11.9. The van der Waals surface area contributed by atoms with E-state index in [1.54, 1.807) is 0 Å². The predicted octanol–water partition coefficient (Wildman–Crippen LogP) is 5.62. The van der Waals surface area contributed by atoms with Crippen LogP contribution in [0.3, 0.4) is 0 Å². The van der Waals surface area contributed by atoms with Gasteiger partial charge in [0.05, 0.1) is 6.10 Å². The molecule has 0 saturated heterocycles. The van der Waals surface area contributed by atoms with Crippen molar-refractivity contribution >= 4 is 19.2 Å². The molecule has 0 heterocycles. The minimum atomic E-state index is -0.486. The molecule has 4 rings (SSSR count). The van der Waals surface area contributed by atoms with Gasteiger partial charge in [-0.05, 0) is 47.7 Å². The molecule has 3 aromatic carbocycles. The zero-order valence-electron chi connectivity index (χ0n) is 17.9. The number of benzene rings is 3. The number of allylic oxidation sites excluding steroid dienone is 4. The third-order valence-electron chi connectivity index (χ3n) is 5.55. The van der Waals surface area contributed by atoms with Crippen LogP contribution in [0.15, 0.2) is 97.1 Å². The van der Waals surface area contributed by atoms with E-state index < -0.39 is 6.10 Å². The van der Waals surface area contributed by atoms with Crippen LogP contribution in [0.4, 0.5) is 0 Å². The Labute approximate surface area is 187 Å². The third kappa shape index (κ3) is 5.73. The highest BCUT2D eigenvalue weighted by atomic mass is 31.1. The molecule has 3 heteroatoms. The first kappa shape index (κ1) is 21.6. The summed E-state index contributed by atoms with van der Waals surface area (Å²) in [5.74, 6) is 1.49. The Morgan fingerprint density at radius 2 is 1.71 bits per heavy atom. The third-order valence-corrected chi connectivity index (χ3v) is 6.94. The molecule has 0 radical (unpaired) electrons. The zero-order chi connectivity index (χ0) is 21.5. The highest BCUT2D eigenvalue weighted by molar-refractivity contribution is 7.55. The van der Waals surface area contributed by atoms with Crippen molar-refractivity contribution < 1.29 is 9.84 Å². The molecule has 0 amide bonds. The molecule has 0 aliphatic heterocycles. The molecule has 0 aromatic heterocycles. The Kier molecular flexibility index (Phi) is 7.35. The second-order valence-corrected chi connectivity index (χ2v) is 9.30. The summed E-state index contributed by atoms with van der Waals surface area (Å²) in [5.41, 5.74) is 3.40. The minimum absolute atomic E-state index is 0.426. The Bertz CT molecular complexity index is 1050. The minimum Gasteiger partial charge on any atom is -0.488 e. The van der Waals surface area contributed by atoms with E-state index in [0.717, 1.165) is 29.7 Å². The quantitative estimate of drug-likeness (QED) is 0.472. The lowest BCUT2D eigenvalue weighted by Gasteiger charge is -2.20. The first-order chi connectivity index (χ1) is 15.2. The van der Waals surface area contributed by atoms with Crippen molar-refractivity contribution in [3.63, 3.8) is 0 Å². The molecule has 0 bridgehead atoms. The van der Waals surface area contributed by atoms with Gasteiger partial charge in [0.1, 0.15) is 12.4 Å². The highest BCUT2D eigenvalue weighted by Gasteiger charge is 2.17. The van der Waals surface area contributed by atoms with E-state index in [2.05, 4.69) is 60.7 Å². The fourth-order valence-corrected chi connectivity index (χ4v) is 5.36. The van der Waals surface area contributed by atoms with Crippen molar-refractivity contribution in [3.8, 4) is 5.75 Å². The number of hydrogen-bond acceptors (Lipinski definition) is 2. The summed E-state index contributed by atoms with van der Waals surface area (Å²) in [5, 5.41) is 12.6. The van der Waals surface area contributed by atoms with E-state index in [-0.39, 0.29) is 0 Å². The van der Waals surface area contributed by atoms with Crippen LogP contribution in [0, 0.1) is 5.92 Å². The van der Waals surface area contributed by atoms with Crippen LogP contribution in [0.5, 0.6) is 5.75 Å². The molecule has 0 fully saturated rings. The van der Waals surface area contributed by atoms with Crippen LogP contribution in [0.2, 0.25) is 0 Å². The molecular weight excluding hydrogens is 399 g/mol. The molecule has 0 spiro atoms. The van der Waals surface area contributed by atoms with Gasteiger partial charge in [-0.3, -0.25) is 0 Å². The van der Waals surface area contributed by atoms with Crippen LogP contribution in [-0.4, -0.2) is 5.11 Å². The topological polar surface area (TPSA) is 29.5 Å². The average Bonchev–Trinajstić information content (AvgIpc) is 2.80. The van der Waals surface area contributed by atoms with E-state index in [9.17, 15) is 5.11 Å². The van der Waals surface area contributed by atoms with Crippen LogP contribution >= 0.6 is 8.58 Å². The standard InChI is InChI=1S/C28H29O2P/c1-21(29)25-16-8-9-17-26(25)31-27-18-10-15-24(19-22-11-4-2-5-12-22)28(27)30-20-23-13-6-3-7-14-23/h2-11,13-18,21-22,29,31H,12,19-20H2,1H3. The smallest absolute Gasteiger partial charge is 0.130 e. The number of aliphatic hydroxyl groups is 1. The maximum atomic E-state index is 10.2. The normalized spacial score (nSPS) is 16.6. The van der Waals surface area contributed by atoms with Gasteiger partial charge in [-0.2, -0.15) is 0 Å². The Balaban J connectivity index is 1.65. The van der Waals surface area contributed by atoms with Crippen molar-refractivity contribution in [3.05, 3.63) is 114 Å². The second-order valence-electron chi connectivity index (χ2n) is 7.97. The summed E-state index contributed by atoms with van der Waals surface area (Å²) in [4.78, 5) is 0. The van der Waals surface area contributed by atoms with E-state index in [0.29, 0.717) is 21.1 Å². The molecule has 3 aromatic rings. The number of rotatable bonds is 8. The fourth-order valence-electron chi connectivity index (χ4n) is 3.93. The van der Waals surface area contributed by atoms with E-state index >= 15 is 0 Å². The van der Waals surface area contributed by atoms with Crippen molar-refractivity contribution in [1.82, 2.24) is 0 Å². The Morgan fingerprint density at radius 1 is 0.935 bits per heavy atom. The van der Waals surface area contributed by atoms with Gasteiger partial charge >= 0.3 is 0 Å². The molecule has 1 aliphatic carbocycles. The van der Waals surface area contributed by atoms with Gasteiger partial charge in [-0.15, -0.1) is 0 Å². The van der Waals surface area contributed by atoms with Gasteiger partial charge in [-0.25, -0.2) is 0 Å². The lowest BCUT2D eigenvalue weighted by atomic mass is 9.93. The van der Waals surface area contributed by atoms with Crippen LogP contribution in [0.1, 0.15) is 36.1 Å². The molecule has 3 atom stereocenters. The van der Waals surface area contributed by atoms with Crippen LogP contribution in [-0.2, 0) is 13.0 Å². The lowest BCUT2D eigenvalue weighted by molar-refractivity contribution is 0.200. The van der Waals surface area contributed by atoms with E-state index in [1.165, 1.54) is 16.2 Å². The molecule has 31 heavy (non-hydrogen) atoms. The summed E-state index contributed by atoms with van der Waals surface area (Å²) < 4.78 is 6.47. The molecular formula is C28H29O2P. The SMILES string of the molecule is CC(O)c1ccccc1Pc1cccc(CC2C=CC=CC2)c1OCc1ccccc1. The predicted molar refractivity (Wildman–Crippen MR) is 132 cm³/mol. The lowest BCUT2D eigenvalue weighted by Crippen LogP contribution is -2.15. The summed E-state index contributed by atoms with van der Waals surface area (Å²) in [6.07, 6.45) is 10.3. The van der Waals surface area contributed by atoms with E-state index in [1.807, 2.05) is 43.3 Å². The number of para-hydroxylation sites is 1. The summed E-state index contributed by atoms with van der Waals surface area (Å²) >= 11 is 0. The van der Waals surface area contributed by atoms with Gasteiger partial charge < -0.3 is 9.84 Å². The number of hydrogen-bond donors (Lipinski definition) is 1. The van der Waals surface area contributed by atoms with Gasteiger partial charge in [-0.1, -0.05) is 106 Å². The Morgan fingerprint density at radius 3 is 2.48 bits per heavy atom. The largest absolute Gasteiger partial charge is 0.488 e. The molecule has 2 nitrogen and oxygen atoms in total. The van der Waals surface area contributed by atoms with Gasteiger partial charge in [0.15, 0.2) is 0 Å². The second kappa shape index (κ2) is 10.6. The van der Waals surface area contributed by atoms with Crippen LogP contribution in [0.25, 0.3) is 0 Å². The monoisotopic (exact) mass is 428 g/mol. The summed E-state index contributed by atoms with van der Waals surface area (Å²) in [7, 11) is 0.426. The maximum absolute atomic E-state index is 10.2. The van der Waals surface area contributed by atoms with Gasteiger partial charge in [0.25, 0.3) is 0 Å². The van der Waals surface area contributed by atoms with Gasteiger partial charge in [0, 0.05) is 5.30 Å². The summed E-state index contributed by atoms with van der Waals surface area (Å²) in [6, 6.07) is 25.0. The zero-order valence-corrected chi connectivity index (χ0v) is 18.9. The molecule has 1 N–H and O–H groups in total. The van der Waals surface area contributed by atoms with Crippen molar-refractivity contribution in [2.45, 2.75) is 32.5 Å². The number of ether oxygens (including phenoxy) is 1. The van der Waals surface area contributed by atoms with Crippen molar-refractivity contribution in [1.29, 1.82) is 0 Å². The average molecular weight is 429 g/mol. The fraction of sp³-hybridized carbons (Fsp3) is 0.214. The number of aliphatic hydroxyl groups excluding tert-OH is 1. The molecule has 0 saturated carbocycles. The Hall–Kier alpha value is -2.67. The van der Waals surface area contributed by atoms with Crippen molar-refractivity contribution in [2.24, 2.45) is 5.92 Å². The van der Waals surface area contributed by atoms with Gasteiger partial charge in [0.2, 0.25) is 0 Å².